The minimum Gasteiger partial charge on any atom is -0.281 e. The number of hydrogen-bond donors (Lipinski definition) is 0. The van der Waals surface area contributed by atoms with Crippen molar-refractivity contribution >= 4 is 43.8 Å². The summed E-state index contributed by atoms with van der Waals surface area (Å²) in [5.41, 5.74) is 0.388. The fourth-order valence-corrected chi connectivity index (χ4v) is 1.02. The quantitative estimate of drug-likeness (QED) is 0.570. The molecule has 1 rings (SSSR count). The molecule has 0 aliphatic carbocycles. The standard InChI is InChI=1S/C6H2BrCl2NO/c7-5(11)3-1-4(8)6(9)10-2-3/h1-2H. The van der Waals surface area contributed by atoms with Crippen LogP contribution in [0.1, 0.15) is 10.4 Å². The van der Waals surface area contributed by atoms with Crippen LogP contribution >= 0.6 is 39.1 Å². The number of carbonyl (C=O) groups is 1. The highest BCUT2D eigenvalue weighted by atomic mass is 79.9. The van der Waals surface area contributed by atoms with Crippen molar-refractivity contribution in [3.63, 3.8) is 0 Å². The molecule has 0 aromatic carbocycles. The Kier molecular flexibility index (Phi) is 2.87. The van der Waals surface area contributed by atoms with Crippen LogP contribution in [0.2, 0.25) is 10.2 Å². The molecule has 0 bridgehead atoms. The molecule has 1 aromatic rings. The monoisotopic (exact) mass is 253 g/mol. The van der Waals surface area contributed by atoms with E-state index in [9.17, 15) is 4.79 Å². The summed E-state index contributed by atoms with van der Waals surface area (Å²) in [7, 11) is 0. The molecule has 58 valence electrons. The number of halogens is 3. The van der Waals surface area contributed by atoms with Crippen molar-refractivity contribution in [3.05, 3.63) is 28.0 Å². The SMILES string of the molecule is O=C(Br)c1cnc(Cl)c(Cl)c1. The van der Waals surface area contributed by atoms with Crippen LogP contribution in [0.4, 0.5) is 0 Å². The van der Waals surface area contributed by atoms with Crippen molar-refractivity contribution in [2.75, 3.05) is 0 Å². The maximum atomic E-state index is 10.7. The lowest BCUT2D eigenvalue weighted by molar-refractivity contribution is 0.109. The summed E-state index contributed by atoms with van der Waals surface area (Å²) in [5, 5.41) is 0.473. The average Bonchev–Trinajstić information content (AvgIpc) is 1.94. The van der Waals surface area contributed by atoms with Gasteiger partial charge in [0.05, 0.1) is 5.02 Å². The van der Waals surface area contributed by atoms with Gasteiger partial charge in [-0.3, -0.25) is 4.79 Å². The summed E-state index contributed by atoms with van der Waals surface area (Å²) < 4.78 is -0.261. The van der Waals surface area contributed by atoms with Gasteiger partial charge in [0.25, 0.3) is 0 Å². The topological polar surface area (TPSA) is 30.0 Å². The lowest BCUT2D eigenvalue weighted by Crippen LogP contribution is -1.89. The Morgan fingerprint density at radius 3 is 2.64 bits per heavy atom. The normalized spacial score (nSPS) is 9.73. The number of nitrogens with zero attached hydrogens (tertiary/aromatic N) is 1. The van der Waals surface area contributed by atoms with E-state index >= 15 is 0 Å². The second kappa shape index (κ2) is 3.52. The van der Waals surface area contributed by atoms with E-state index in [1.807, 2.05) is 0 Å². The van der Waals surface area contributed by atoms with E-state index in [1.165, 1.54) is 12.3 Å². The van der Waals surface area contributed by atoms with E-state index < -0.39 is 0 Å². The summed E-state index contributed by atoms with van der Waals surface area (Å²) in [6.45, 7) is 0. The largest absolute Gasteiger partial charge is 0.281 e. The summed E-state index contributed by atoms with van der Waals surface area (Å²) in [6, 6.07) is 1.45. The van der Waals surface area contributed by atoms with E-state index in [1.54, 1.807) is 0 Å². The van der Waals surface area contributed by atoms with Gasteiger partial charge in [-0.25, -0.2) is 4.98 Å². The minimum absolute atomic E-state index is 0.198. The van der Waals surface area contributed by atoms with Crippen LogP contribution in [0.5, 0.6) is 0 Å². The third kappa shape index (κ3) is 2.15. The average molecular weight is 255 g/mol. The number of carbonyl (C=O) groups excluding carboxylic acids is 1. The van der Waals surface area contributed by atoms with Gasteiger partial charge in [-0.2, -0.15) is 0 Å². The lowest BCUT2D eigenvalue weighted by atomic mass is 10.3. The molecule has 0 spiro atoms. The van der Waals surface area contributed by atoms with Crippen LogP contribution in [0.15, 0.2) is 12.3 Å². The van der Waals surface area contributed by atoms with E-state index in [4.69, 9.17) is 23.2 Å². The lowest BCUT2D eigenvalue weighted by Gasteiger charge is -1.95. The predicted octanol–water partition coefficient (Wildman–Crippen LogP) is 2.92. The maximum Gasteiger partial charge on any atom is 0.229 e. The fourth-order valence-electron chi connectivity index (χ4n) is 0.529. The zero-order valence-corrected chi connectivity index (χ0v) is 8.24. The van der Waals surface area contributed by atoms with Crippen LogP contribution in [-0.2, 0) is 0 Å². The van der Waals surface area contributed by atoms with Gasteiger partial charge >= 0.3 is 0 Å². The number of rotatable bonds is 1. The van der Waals surface area contributed by atoms with Crippen molar-refractivity contribution in [1.82, 2.24) is 4.98 Å². The van der Waals surface area contributed by atoms with E-state index in [0.717, 1.165) is 0 Å². The first-order chi connectivity index (χ1) is 5.11. The van der Waals surface area contributed by atoms with E-state index in [0.29, 0.717) is 5.56 Å². The first-order valence-electron chi connectivity index (χ1n) is 2.62. The zero-order chi connectivity index (χ0) is 8.43. The Balaban J connectivity index is 3.15. The van der Waals surface area contributed by atoms with Crippen molar-refractivity contribution in [1.29, 1.82) is 0 Å². The molecule has 0 fully saturated rings. The van der Waals surface area contributed by atoms with Gasteiger partial charge in [-0.05, 0) is 22.0 Å². The second-order valence-electron chi connectivity index (χ2n) is 1.77. The van der Waals surface area contributed by atoms with Gasteiger partial charge < -0.3 is 0 Å². The molecular formula is C6H2BrCl2NO. The fraction of sp³-hybridized carbons (Fsp3) is 0. The molecule has 1 aromatic heterocycles. The molecule has 0 atom stereocenters. The molecule has 0 saturated heterocycles. The summed E-state index contributed by atoms with van der Waals surface area (Å²) in [4.78, 5) is 14.4. The molecule has 11 heavy (non-hydrogen) atoms. The summed E-state index contributed by atoms with van der Waals surface area (Å²) >= 11 is 13.9. The molecular weight excluding hydrogens is 253 g/mol. The first-order valence-corrected chi connectivity index (χ1v) is 4.17. The Hall–Kier alpha value is -0.120. The van der Waals surface area contributed by atoms with E-state index in [2.05, 4.69) is 20.9 Å². The van der Waals surface area contributed by atoms with Gasteiger partial charge in [0, 0.05) is 11.8 Å². The molecule has 1 heterocycles. The van der Waals surface area contributed by atoms with Crippen LogP contribution in [0, 0.1) is 0 Å². The Bertz CT molecular complexity index is 303. The third-order valence-corrected chi connectivity index (χ3v) is 2.17. The predicted molar refractivity (Wildman–Crippen MR) is 47.5 cm³/mol. The highest BCUT2D eigenvalue weighted by Crippen LogP contribution is 2.20. The minimum atomic E-state index is -0.261. The second-order valence-corrected chi connectivity index (χ2v) is 3.26. The van der Waals surface area contributed by atoms with Crippen LogP contribution in [0.3, 0.4) is 0 Å². The van der Waals surface area contributed by atoms with Crippen molar-refractivity contribution < 1.29 is 4.79 Å². The van der Waals surface area contributed by atoms with Gasteiger partial charge in [-0.1, -0.05) is 23.2 Å². The van der Waals surface area contributed by atoms with Crippen LogP contribution < -0.4 is 0 Å². The Morgan fingerprint density at radius 1 is 1.55 bits per heavy atom. The maximum absolute atomic E-state index is 10.7. The Morgan fingerprint density at radius 2 is 2.18 bits per heavy atom. The molecule has 0 amide bonds. The van der Waals surface area contributed by atoms with Crippen molar-refractivity contribution in [2.45, 2.75) is 0 Å². The molecule has 0 aliphatic heterocycles. The highest BCUT2D eigenvalue weighted by Gasteiger charge is 2.04. The molecule has 0 N–H and O–H groups in total. The van der Waals surface area contributed by atoms with Crippen molar-refractivity contribution in [3.8, 4) is 0 Å². The third-order valence-electron chi connectivity index (χ3n) is 1.02. The zero-order valence-electron chi connectivity index (χ0n) is 5.14. The van der Waals surface area contributed by atoms with E-state index in [-0.39, 0.29) is 14.9 Å². The molecule has 2 nitrogen and oxygen atoms in total. The molecule has 0 saturated carbocycles. The van der Waals surface area contributed by atoms with Gasteiger partial charge in [0.1, 0.15) is 5.15 Å². The number of hydrogen-bond acceptors (Lipinski definition) is 2. The van der Waals surface area contributed by atoms with Gasteiger partial charge in [-0.15, -0.1) is 0 Å². The Labute approximate surface area is 81.7 Å². The van der Waals surface area contributed by atoms with Gasteiger partial charge in [0.2, 0.25) is 4.69 Å². The molecule has 0 radical (unpaired) electrons. The van der Waals surface area contributed by atoms with Crippen molar-refractivity contribution in [2.24, 2.45) is 0 Å². The van der Waals surface area contributed by atoms with Crippen LogP contribution in [-0.4, -0.2) is 9.68 Å². The number of aromatic nitrogens is 1. The molecule has 0 unspecified atom stereocenters. The first kappa shape index (κ1) is 8.97. The highest BCUT2D eigenvalue weighted by molar-refractivity contribution is 9.18. The number of pyridine rings is 1. The smallest absolute Gasteiger partial charge is 0.229 e. The van der Waals surface area contributed by atoms with Crippen LogP contribution in [0.25, 0.3) is 0 Å². The molecule has 0 aliphatic rings. The summed E-state index contributed by atoms with van der Waals surface area (Å²) in [5.74, 6) is 0. The van der Waals surface area contributed by atoms with Gasteiger partial charge in [0.15, 0.2) is 0 Å². The molecule has 5 heteroatoms. The summed E-state index contributed by atoms with van der Waals surface area (Å²) in [6.07, 6.45) is 1.35.